The van der Waals surface area contributed by atoms with Crippen LogP contribution in [0.4, 0.5) is 0 Å². The van der Waals surface area contributed by atoms with Gasteiger partial charge in [0.05, 0.1) is 18.3 Å². The summed E-state index contributed by atoms with van der Waals surface area (Å²) in [4.78, 5) is 34.9. The van der Waals surface area contributed by atoms with Gasteiger partial charge in [-0.05, 0) is 30.6 Å². The molecule has 29 heavy (non-hydrogen) atoms. The van der Waals surface area contributed by atoms with Crippen LogP contribution in [0.3, 0.4) is 0 Å². The molecule has 9 heteroatoms. The zero-order valence-electron chi connectivity index (χ0n) is 18.3. The first-order valence-electron chi connectivity index (χ1n) is 10.8. The van der Waals surface area contributed by atoms with Gasteiger partial charge in [-0.25, -0.2) is 0 Å². The molecule has 0 aromatic rings. The third-order valence-corrected chi connectivity index (χ3v) is 7.62. The summed E-state index contributed by atoms with van der Waals surface area (Å²) in [6, 6.07) is -1.50. The first kappa shape index (κ1) is 26.1. The molecule has 0 saturated heterocycles. The number of aliphatic hydroxyl groups is 1. The topological polar surface area (TPSA) is 142 Å². The second-order valence-electron chi connectivity index (χ2n) is 9.11. The van der Waals surface area contributed by atoms with Crippen molar-refractivity contribution >= 4 is 19.2 Å². The lowest BCUT2D eigenvalue weighted by Gasteiger charge is -2.26. The standard InChI is InChI=1S/C20H40N3O5P/c1-13(2)17(21)19(25)23-18(14(3)4)20(26)22-10-16(24)12-29(27,28)11-15-8-6-5-7-9-15/h13-18,24H,5-12,21H2,1-4H3,(H,22,26)(H,23,25)(H,27,28)/t16-,17+,18+/m0/s1. The molecule has 6 N–H and O–H groups in total. The Morgan fingerprint density at radius 1 is 1.07 bits per heavy atom. The predicted octanol–water partition coefficient (Wildman–Crippen LogP) is 1.44. The van der Waals surface area contributed by atoms with Crippen LogP contribution in [0.15, 0.2) is 0 Å². The molecule has 0 radical (unpaired) electrons. The Labute approximate surface area is 174 Å². The number of carbonyl (C=O) groups excluding carboxylic acids is 2. The SMILES string of the molecule is CC(C)[C@@H](N)C(=O)N[C@@H](C(=O)NC[C@H](O)CP(=O)(O)CC1CCCCC1)C(C)C. The van der Waals surface area contributed by atoms with Gasteiger partial charge in [-0.3, -0.25) is 14.2 Å². The molecule has 1 fully saturated rings. The third kappa shape index (κ3) is 9.60. The molecule has 0 aromatic heterocycles. The van der Waals surface area contributed by atoms with Gasteiger partial charge in [0.15, 0.2) is 0 Å². The number of rotatable bonds is 11. The predicted molar refractivity (Wildman–Crippen MR) is 115 cm³/mol. The Balaban J connectivity index is 2.52. The van der Waals surface area contributed by atoms with Crippen LogP contribution in [0.1, 0.15) is 59.8 Å². The van der Waals surface area contributed by atoms with E-state index < -0.39 is 37.4 Å². The van der Waals surface area contributed by atoms with E-state index in [-0.39, 0.29) is 36.6 Å². The Hall–Kier alpha value is -0.950. The molecule has 1 aliphatic rings. The Kier molecular flexibility index (Phi) is 10.8. The number of nitrogens with two attached hydrogens (primary N) is 1. The van der Waals surface area contributed by atoms with Crippen LogP contribution in [0.2, 0.25) is 0 Å². The Bertz CT molecular complexity index is 578. The molecule has 1 saturated carbocycles. The van der Waals surface area contributed by atoms with E-state index in [1.807, 2.05) is 13.8 Å². The van der Waals surface area contributed by atoms with E-state index in [0.29, 0.717) is 0 Å². The number of aliphatic hydroxyl groups excluding tert-OH is 1. The van der Waals surface area contributed by atoms with Gasteiger partial charge in [-0.15, -0.1) is 0 Å². The molecule has 0 aliphatic heterocycles. The summed E-state index contributed by atoms with van der Waals surface area (Å²) in [5.74, 6) is -0.835. The number of amides is 2. The monoisotopic (exact) mass is 433 g/mol. The number of carbonyl (C=O) groups is 2. The summed E-state index contributed by atoms with van der Waals surface area (Å²) in [6.45, 7) is 7.11. The molecule has 8 nitrogen and oxygen atoms in total. The van der Waals surface area contributed by atoms with Crippen molar-refractivity contribution in [3.63, 3.8) is 0 Å². The van der Waals surface area contributed by atoms with Gasteiger partial charge < -0.3 is 26.4 Å². The zero-order valence-corrected chi connectivity index (χ0v) is 19.2. The minimum atomic E-state index is -3.45. The molecule has 1 aliphatic carbocycles. The minimum Gasteiger partial charge on any atom is -0.391 e. The van der Waals surface area contributed by atoms with Crippen LogP contribution in [-0.2, 0) is 14.2 Å². The van der Waals surface area contributed by atoms with Crippen LogP contribution >= 0.6 is 7.37 Å². The molecule has 2 amide bonds. The molecule has 0 heterocycles. The largest absolute Gasteiger partial charge is 0.391 e. The van der Waals surface area contributed by atoms with Crippen molar-refractivity contribution < 1.29 is 24.2 Å². The fourth-order valence-electron chi connectivity index (χ4n) is 3.66. The Morgan fingerprint density at radius 3 is 2.17 bits per heavy atom. The van der Waals surface area contributed by atoms with E-state index in [9.17, 15) is 24.2 Å². The van der Waals surface area contributed by atoms with Crippen molar-refractivity contribution in [3.05, 3.63) is 0 Å². The van der Waals surface area contributed by atoms with Crippen LogP contribution in [0.25, 0.3) is 0 Å². The molecule has 1 rings (SSSR count). The third-order valence-electron chi connectivity index (χ3n) is 5.54. The van der Waals surface area contributed by atoms with Gasteiger partial charge in [0.25, 0.3) is 0 Å². The fourth-order valence-corrected chi connectivity index (χ4v) is 5.77. The van der Waals surface area contributed by atoms with Gasteiger partial charge in [-0.1, -0.05) is 47.0 Å². The molecule has 0 spiro atoms. The van der Waals surface area contributed by atoms with Crippen molar-refractivity contribution in [2.24, 2.45) is 23.5 Å². The maximum absolute atomic E-state index is 12.5. The lowest BCUT2D eigenvalue weighted by atomic mass is 9.91. The molecule has 1 unspecified atom stereocenters. The summed E-state index contributed by atoms with van der Waals surface area (Å²) < 4.78 is 12.5. The maximum Gasteiger partial charge on any atom is 0.242 e. The van der Waals surface area contributed by atoms with Gasteiger partial charge in [-0.2, -0.15) is 0 Å². The molecule has 4 atom stereocenters. The van der Waals surface area contributed by atoms with Crippen molar-refractivity contribution in [2.75, 3.05) is 18.9 Å². The number of nitrogens with one attached hydrogen (secondary N) is 2. The maximum atomic E-state index is 12.5. The van der Waals surface area contributed by atoms with Gasteiger partial charge in [0.1, 0.15) is 6.04 Å². The zero-order chi connectivity index (χ0) is 22.2. The number of hydrogen-bond donors (Lipinski definition) is 5. The van der Waals surface area contributed by atoms with Crippen LogP contribution < -0.4 is 16.4 Å². The lowest BCUT2D eigenvalue weighted by molar-refractivity contribution is -0.131. The fraction of sp³-hybridized carbons (Fsp3) is 0.900. The second kappa shape index (κ2) is 12.0. The highest BCUT2D eigenvalue weighted by Crippen LogP contribution is 2.45. The van der Waals surface area contributed by atoms with Crippen molar-refractivity contribution in [1.82, 2.24) is 10.6 Å². The van der Waals surface area contributed by atoms with Crippen LogP contribution in [0.5, 0.6) is 0 Å². The van der Waals surface area contributed by atoms with Gasteiger partial charge in [0, 0.05) is 12.7 Å². The van der Waals surface area contributed by atoms with Gasteiger partial charge >= 0.3 is 0 Å². The van der Waals surface area contributed by atoms with Crippen LogP contribution in [-0.4, -0.2) is 58.9 Å². The highest BCUT2D eigenvalue weighted by atomic mass is 31.2. The van der Waals surface area contributed by atoms with E-state index >= 15 is 0 Å². The average Bonchev–Trinajstić information content (AvgIpc) is 2.62. The van der Waals surface area contributed by atoms with E-state index in [2.05, 4.69) is 10.6 Å². The van der Waals surface area contributed by atoms with Crippen molar-refractivity contribution in [2.45, 2.75) is 78.0 Å². The van der Waals surface area contributed by atoms with Gasteiger partial charge in [0.2, 0.25) is 19.2 Å². The number of hydrogen-bond acceptors (Lipinski definition) is 5. The van der Waals surface area contributed by atoms with Crippen LogP contribution in [0, 0.1) is 17.8 Å². The minimum absolute atomic E-state index is 0.0597. The average molecular weight is 434 g/mol. The molecule has 0 bridgehead atoms. The first-order chi connectivity index (χ1) is 13.4. The quantitative estimate of drug-likeness (QED) is 0.312. The normalized spacial score (nSPS) is 20.7. The summed E-state index contributed by atoms with van der Waals surface area (Å²) in [5.41, 5.74) is 5.83. The highest BCUT2D eigenvalue weighted by molar-refractivity contribution is 7.58. The molecule has 170 valence electrons. The first-order valence-corrected chi connectivity index (χ1v) is 12.8. The van der Waals surface area contributed by atoms with Crippen molar-refractivity contribution in [1.29, 1.82) is 0 Å². The molecular formula is C20H40N3O5P. The van der Waals surface area contributed by atoms with Crippen molar-refractivity contribution in [3.8, 4) is 0 Å². The van der Waals surface area contributed by atoms with E-state index in [0.717, 1.165) is 25.7 Å². The van der Waals surface area contributed by atoms with E-state index in [1.54, 1.807) is 13.8 Å². The molecule has 0 aromatic carbocycles. The summed E-state index contributed by atoms with van der Waals surface area (Å²) >= 11 is 0. The summed E-state index contributed by atoms with van der Waals surface area (Å²) in [5, 5.41) is 15.4. The summed E-state index contributed by atoms with van der Waals surface area (Å²) in [6.07, 6.45) is 4.17. The van der Waals surface area contributed by atoms with E-state index in [4.69, 9.17) is 5.73 Å². The summed E-state index contributed by atoms with van der Waals surface area (Å²) in [7, 11) is -3.45. The van der Waals surface area contributed by atoms with E-state index in [1.165, 1.54) is 6.42 Å². The smallest absolute Gasteiger partial charge is 0.242 e. The Morgan fingerprint density at radius 2 is 1.66 bits per heavy atom. The lowest BCUT2D eigenvalue weighted by Crippen LogP contribution is -2.55. The second-order valence-corrected chi connectivity index (χ2v) is 11.5. The highest BCUT2D eigenvalue weighted by Gasteiger charge is 2.30. The molecular weight excluding hydrogens is 393 g/mol.